The van der Waals surface area contributed by atoms with Crippen LogP contribution in [-0.4, -0.2) is 55.0 Å². The Hall–Kier alpha value is -5.83. The molecule has 48 heavy (non-hydrogen) atoms. The van der Waals surface area contributed by atoms with Crippen LogP contribution < -0.4 is 18.9 Å². The Bertz CT molecular complexity index is 1560. The van der Waals surface area contributed by atoms with E-state index in [1.165, 1.54) is 12.4 Å². The number of hydrogen-bond acceptors (Lipinski definition) is 7. The van der Waals surface area contributed by atoms with Crippen LogP contribution in [0.3, 0.4) is 0 Å². The first-order chi connectivity index (χ1) is 23.4. The molecule has 9 heteroatoms. The van der Waals surface area contributed by atoms with Crippen LogP contribution >= 0.6 is 0 Å². The van der Waals surface area contributed by atoms with Gasteiger partial charge in [-0.25, -0.2) is 0 Å². The zero-order valence-corrected chi connectivity index (χ0v) is 27.6. The molecular formula is C39H39N3O6. The Morgan fingerprint density at radius 2 is 0.708 bits per heavy atom. The van der Waals surface area contributed by atoms with Gasteiger partial charge in [-0.1, -0.05) is 48.5 Å². The molecule has 0 bridgehead atoms. The summed E-state index contributed by atoms with van der Waals surface area (Å²) in [5.41, 5.74) is 4.37. The molecule has 0 aliphatic rings. The first kappa shape index (κ1) is 33.5. The maximum absolute atomic E-state index is 14.1. The molecular weight excluding hydrogens is 606 g/mol. The smallest absolute Gasteiger partial charge is 0.256 e. The van der Waals surface area contributed by atoms with E-state index in [1.54, 1.807) is 44.3 Å². The van der Waals surface area contributed by atoms with Gasteiger partial charge in [-0.2, -0.15) is 0 Å². The summed E-state index contributed by atoms with van der Waals surface area (Å²) in [5.74, 6) is 2.43. The largest absolute Gasteiger partial charge is 0.497 e. The minimum Gasteiger partial charge on any atom is -0.497 e. The molecule has 9 nitrogen and oxygen atoms in total. The minimum atomic E-state index is -0.249. The molecule has 0 unspecified atom stereocenters. The molecule has 1 aromatic heterocycles. The Kier molecular flexibility index (Phi) is 11.3. The van der Waals surface area contributed by atoms with Crippen molar-refractivity contribution in [3.63, 3.8) is 0 Å². The fraction of sp³-hybridized carbons (Fsp3) is 0.205. The molecule has 0 aliphatic heterocycles. The summed E-state index contributed by atoms with van der Waals surface area (Å²) in [6.45, 7) is 1.37. The van der Waals surface area contributed by atoms with Crippen LogP contribution in [0, 0.1) is 0 Å². The van der Waals surface area contributed by atoms with Gasteiger partial charge in [-0.3, -0.25) is 14.6 Å². The number of pyridine rings is 1. The summed E-state index contributed by atoms with van der Waals surface area (Å²) in [5, 5.41) is 0. The quantitative estimate of drug-likeness (QED) is 0.131. The zero-order valence-electron chi connectivity index (χ0n) is 27.6. The first-order valence-electron chi connectivity index (χ1n) is 15.4. The van der Waals surface area contributed by atoms with Gasteiger partial charge in [0.05, 0.1) is 39.6 Å². The van der Waals surface area contributed by atoms with Crippen LogP contribution in [0.25, 0.3) is 0 Å². The van der Waals surface area contributed by atoms with Crippen molar-refractivity contribution in [3.8, 4) is 23.0 Å². The minimum absolute atomic E-state index is 0.249. The molecule has 5 rings (SSSR count). The highest BCUT2D eigenvalue weighted by molar-refractivity contribution is 5.99. The van der Waals surface area contributed by atoms with Gasteiger partial charge in [0, 0.05) is 38.6 Å². The molecule has 0 radical (unpaired) electrons. The molecule has 1 heterocycles. The van der Waals surface area contributed by atoms with E-state index in [1.807, 2.05) is 97.1 Å². The van der Waals surface area contributed by atoms with Crippen molar-refractivity contribution < 1.29 is 28.5 Å². The molecule has 0 spiro atoms. The molecule has 0 aliphatic carbocycles. The van der Waals surface area contributed by atoms with Crippen molar-refractivity contribution in [2.24, 2.45) is 0 Å². The third-order valence-electron chi connectivity index (χ3n) is 7.94. The second-order valence-corrected chi connectivity index (χ2v) is 11.2. The second-order valence-electron chi connectivity index (χ2n) is 11.2. The molecule has 0 saturated heterocycles. The summed E-state index contributed by atoms with van der Waals surface area (Å²) < 4.78 is 21.2. The van der Waals surface area contributed by atoms with Crippen LogP contribution in [0.15, 0.2) is 116 Å². The van der Waals surface area contributed by atoms with E-state index in [4.69, 9.17) is 18.9 Å². The average molecular weight is 646 g/mol. The van der Waals surface area contributed by atoms with Crippen molar-refractivity contribution >= 4 is 11.8 Å². The lowest BCUT2D eigenvalue weighted by Gasteiger charge is -2.25. The van der Waals surface area contributed by atoms with E-state index in [2.05, 4.69) is 4.98 Å². The molecule has 0 saturated carbocycles. The number of nitrogens with zero attached hydrogens (tertiary/aromatic N) is 3. The van der Waals surface area contributed by atoms with Crippen molar-refractivity contribution in [1.82, 2.24) is 14.8 Å². The number of amides is 2. The second kappa shape index (κ2) is 16.1. The number of aromatic nitrogens is 1. The summed E-state index contributed by atoms with van der Waals surface area (Å²) in [4.78, 5) is 36.1. The van der Waals surface area contributed by atoms with Crippen LogP contribution in [0.2, 0.25) is 0 Å². The number of rotatable bonds is 14. The molecule has 0 fully saturated rings. The van der Waals surface area contributed by atoms with Gasteiger partial charge in [0.25, 0.3) is 11.8 Å². The van der Waals surface area contributed by atoms with Gasteiger partial charge in [-0.05, 0) is 76.9 Å². The predicted octanol–water partition coefficient (Wildman–Crippen LogP) is 6.80. The van der Waals surface area contributed by atoms with E-state index >= 15 is 0 Å². The standard InChI is InChI=1S/C39H39N3O6/c1-45-34-13-5-28(6-14-34)24-41(25-29-7-15-35(46-2)16-8-29)38(43)32-21-33(23-40-22-32)39(44)42(26-30-9-17-36(47-3)18-10-30)27-31-11-19-37(48-4)20-12-31/h5-23H,24-27H2,1-4H3. The molecule has 246 valence electrons. The maximum atomic E-state index is 14.1. The Labute approximate surface area is 281 Å². The lowest BCUT2D eigenvalue weighted by atomic mass is 10.1. The van der Waals surface area contributed by atoms with Gasteiger partial charge in [0.2, 0.25) is 0 Å². The summed E-state index contributed by atoms with van der Waals surface area (Å²) >= 11 is 0. The molecule has 0 atom stereocenters. The van der Waals surface area contributed by atoms with E-state index in [0.29, 0.717) is 37.3 Å². The SMILES string of the molecule is COc1ccc(CN(Cc2ccc(OC)cc2)C(=O)c2cncc(C(=O)N(Cc3ccc(OC)cc3)Cc3ccc(OC)cc3)c2)cc1. The maximum Gasteiger partial charge on any atom is 0.256 e. The summed E-state index contributed by atoms with van der Waals surface area (Å²) in [7, 11) is 6.46. The van der Waals surface area contributed by atoms with E-state index in [9.17, 15) is 9.59 Å². The van der Waals surface area contributed by atoms with Crippen molar-refractivity contribution in [3.05, 3.63) is 149 Å². The number of ether oxygens (including phenoxy) is 4. The Balaban J connectivity index is 1.42. The van der Waals surface area contributed by atoms with Gasteiger partial charge in [0.1, 0.15) is 23.0 Å². The Morgan fingerprint density at radius 3 is 0.938 bits per heavy atom. The summed E-state index contributed by atoms with van der Waals surface area (Å²) in [6.07, 6.45) is 3.01. The lowest BCUT2D eigenvalue weighted by Crippen LogP contribution is -2.32. The highest BCUT2D eigenvalue weighted by Crippen LogP contribution is 2.22. The van der Waals surface area contributed by atoms with Crippen molar-refractivity contribution in [1.29, 1.82) is 0 Å². The van der Waals surface area contributed by atoms with Crippen LogP contribution in [0.5, 0.6) is 23.0 Å². The Morgan fingerprint density at radius 1 is 0.458 bits per heavy atom. The first-order valence-corrected chi connectivity index (χ1v) is 15.4. The normalized spacial score (nSPS) is 10.6. The number of methoxy groups -OCH3 is 4. The van der Waals surface area contributed by atoms with E-state index in [0.717, 1.165) is 45.3 Å². The van der Waals surface area contributed by atoms with Gasteiger partial charge in [0.15, 0.2) is 0 Å². The third kappa shape index (κ3) is 8.70. The van der Waals surface area contributed by atoms with Gasteiger partial charge < -0.3 is 28.7 Å². The monoisotopic (exact) mass is 645 g/mol. The van der Waals surface area contributed by atoms with Crippen molar-refractivity contribution in [2.45, 2.75) is 26.2 Å². The summed E-state index contributed by atoms with van der Waals surface area (Å²) in [6, 6.07) is 32.0. The third-order valence-corrected chi connectivity index (χ3v) is 7.94. The highest BCUT2D eigenvalue weighted by Gasteiger charge is 2.22. The fourth-order valence-electron chi connectivity index (χ4n) is 5.24. The molecule has 0 N–H and O–H groups in total. The average Bonchev–Trinajstić information content (AvgIpc) is 3.15. The number of carbonyl (C=O) groups is 2. The lowest BCUT2D eigenvalue weighted by molar-refractivity contribution is 0.0726. The number of carbonyl (C=O) groups excluding carboxylic acids is 2. The highest BCUT2D eigenvalue weighted by atomic mass is 16.5. The van der Waals surface area contributed by atoms with E-state index in [-0.39, 0.29) is 11.8 Å². The zero-order chi connectivity index (χ0) is 33.9. The topological polar surface area (TPSA) is 90.4 Å². The molecule has 2 amide bonds. The van der Waals surface area contributed by atoms with Gasteiger partial charge >= 0.3 is 0 Å². The van der Waals surface area contributed by atoms with Gasteiger partial charge in [-0.15, -0.1) is 0 Å². The fourth-order valence-corrected chi connectivity index (χ4v) is 5.24. The number of hydrogen-bond donors (Lipinski definition) is 0. The van der Waals surface area contributed by atoms with E-state index < -0.39 is 0 Å². The molecule has 4 aromatic carbocycles. The molecule has 5 aromatic rings. The van der Waals surface area contributed by atoms with Crippen LogP contribution in [0.1, 0.15) is 43.0 Å². The number of benzene rings is 4. The predicted molar refractivity (Wildman–Crippen MR) is 183 cm³/mol. The van der Waals surface area contributed by atoms with Crippen molar-refractivity contribution in [2.75, 3.05) is 28.4 Å². The van der Waals surface area contributed by atoms with Crippen LogP contribution in [0.4, 0.5) is 0 Å². The van der Waals surface area contributed by atoms with Crippen LogP contribution in [-0.2, 0) is 26.2 Å².